The summed E-state index contributed by atoms with van der Waals surface area (Å²) in [6.07, 6.45) is 0. The van der Waals surface area contributed by atoms with Crippen molar-refractivity contribution in [3.63, 3.8) is 0 Å². The molecule has 0 aliphatic heterocycles. The minimum absolute atomic E-state index is 0.115. The van der Waals surface area contributed by atoms with Crippen molar-refractivity contribution in [2.45, 2.75) is 19.4 Å². The lowest BCUT2D eigenvalue weighted by Gasteiger charge is -2.22. The first-order valence-electron chi connectivity index (χ1n) is 9.48. The van der Waals surface area contributed by atoms with Crippen LogP contribution in [-0.4, -0.2) is 39.1 Å². The number of benzene rings is 3. The summed E-state index contributed by atoms with van der Waals surface area (Å²) in [5.74, 6) is 0.756. The van der Waals surface area contributed by atoms with E-state index in [0.717, 1.165) is 33.3 Å². The van der Waals surface area contributed by atoms with Gasteiger partial charge in [0.25, 0.3) is 0 Å². The lowest BCUT2D eigenvalue weighted by molar-refractivity contribution is -0.131. The van der Waals surface area contributed by atoms with E-state index in [1.807, 2.05) is 52.3 Å². The van der Waals surface area contributed by atoms with E-state index in [2.05, 4.69) is 41.3 Å². The van der Waals surface area contributed by atoms with E-state index in [9.17, 15) is 4.79 Å². The Labute approximate surface area is 167 Å². The average Bonchev–Trinajstić information content (AvgIpc) is 2.72. The number of hydrogen-bond donors (Lipinski definition) is 0. The zero-order chi connectivity index (χ0) is 20.3. The first-order chi connectivity index (χ1) is 13.4. The predicted octanol–water partition coefficient (Wildman–Crippen LogP) is 4.68. The molecular weight excluding hydrogens is 348 g/mol. The highest BCUT2D eigenvalue weighted by Crippen LogP contribution is 2.26. The van der Waals surface area contributed by atoms with Gasteiger partial charge < -0.3 is 14.5 Å². The molecule has 3 aromatic carbocycles. The molecule has 4 heteroatoms. The van der Waals surface area contributed by atoms with Crippen LogP contribution in [0.1, 0.15) is 24.0 Å². The van der Waals surface area contributed by atoms with Gasteiger partial charge in [-0.1, -0.05) is 36.4 Å². The van der Waals surface area contributed by atoms with E-state index in [-0.39, 0.29) is 11.8 Å². The van der Waals surface area contributed by atoms with Crippen LogP contribution < -0.4 is 9.64 Å². The molecule has 0 unspecified atom stereocenters. The Hall–Kier alpha value is -3.01. The van der Waals surface area contributed by atoms with Crippen LogP contribution in [0.15, 0.2) is 60.7 Å². The molecule has 3 aromatic rings. The fourth-order valence-corrected chi connectivity index (χ4v) is 3.36. The topological polar surface area (TPSA) is 32.8 Å². The lowest BCUT2D eigenvalue weighted by Crippen LogP contribution is -2.30. The van der Waals surface area contributed by atoms with Crippen LogP contribution in [0.3, 0.4) is 0 Å². The fourth-order valence-electron chi connectivity index (χ4n) is 3.36. The Morgan fingerprint density at radius 3 is 2.21 bits per heavy atom. The van der Waals surface area contributed by atoms with E-state index in [4.69, 9.17) is 4.74 Å². The summed E-state index contributed by atoms with van der Waals surface area (Å²) in [7, 11) is 7.57. The summed E-state index contributed by atoms with van der Waals surface area (Å²) in [4.78, 5) is 16.8. The van der Waals surface area contributed by atoms with Crippen LogP contribution in [0.4, 0.5) is 5.69 Å². The molecule has 0 aliphatic carbocycles. The van der Waals surface area contributed by atoms with Crippen LogP contribution in [0.25, 0.3) is 10.8 Å². The van der Waals surface area contributed by atoms with E-state index in [1.165, 1.54) is 0 Å². The highest BCUT2D eigenvalue weighted by Gasteiger charge is 2.20. The van der Waals surface area contributed by atoms with Crippen LogP contribution in [-0.2, 0) is 11.3 Å². The molecule has 146 valence electrons. The summed E-state index contributed by atoms with van der Waals surface area (Å²) < 4.78 is 5.28. The second-order valence-electron chi connectivity index (χ2n) is 7.45. The van der Waals surface area contributed by atoms with Gasteiger partial charge in [0, 0.05) is 33.4 Å². The van der Waals surface area contributed by atoms with Gasteiger partial charge in [0.2, 0.25) is 5.91 Å². The molecular formula is C24H28N2O2. The van der Waals surface area contributed by atoms with Crippen molar-refractivity contribution in [3.05, 3.63) is 71.8 Å². The second-order valence-corrected chi connectivity index (χ2v) is 7.45. The van der Waals surface area contributed by atoms with Crippen molar-refractivity contribution in [1.29, 1.82) is 0 Å². The molecule has 0 saturated heterocycles. The Kier molecular flexibility index (Phi) is 5.88. The summed E-state index contributed by atoms with van der Waals surface area (Å²) >= 11 is 0. The van der Waals surface area contributed by atoms with E-state index in [0.29, 0.717) is 6.54 Å². The van der Waals surface area contributed by atoms with Gasteiger partial charge in [0.05, 0.1) is 13.0 Å². The minimum atomic E-state index is -0.197. The van der Waals surface area contributed by atoms with Gasteiger partial charge in [-0.15, -0.1) is 0 Å². The normalized spacial score (nSPS) is 11.9. The number of rotatable bonds is 6. The van der Waals surface area contributed by atoms with Crippen LogP contribution in [0, 0.1) is 0 Å². The van der Waals surface area contributed by atoms with Crippen LogP contribution >= 0.6 is 0 Å². The smallest absolute Gasteiger partial charge is 0.229 e. The molecule has 4 nitrogen and oxygen atoms in total. The Morgan fingerprint density at radius 2 is 1.57 bits per heavy atom. The Morgan fingerprint density at radius 1 is 0.929 bits per heavy atom. The van der Waals surface area contributed by atoms with Crippen molar-refractivity contribution in [1.82, 2.24) is 4.90 Å². The molecule has 0 radical (unpaired) electrons. The number of methoxy groups -OCH3 is 1. The largest absolute Gasteiger partial charge is 0.497 e. The number of hydrogen-bond acceptors (Lipinski definition) is 3. The molecule has 1 atom stereocenters. The summed E-state index contributed by atoms with van der Waals surface area (Å²) in [5, 5.41) is 2.22. The Bertz CT molecular complexity index is 964. The number of nitrogens with zero attached hydrogens (tertiary/aromatic N) is 2. The number of fused-ring (bicyclic) bond motifs is 1. The number of amides is 1. The monoisotopic (exact) mass is 376 g/mol. The lowest BCUT2D eigenvalue weighted by atomic mass is 9.96. The van der Waals surface area contributed by atoms with Gasteiger partial charge in [0.1, 0.15) is 5.75 Å². The Balaban J connectivity index is 1.72. The molecule has 0 heterocycles. The molecule has 0 N–H and O–H groups in total. The van der Waals surface area contributed by atoms with Gasteiger partial charge in [-0.25, -0.2) is 0 Å². The summed E-state index contributed by atoms with van der Waals surface area (Å²) in [6, 6.07) is 20.5. The van der Waals surface area contributed by atoms with E-state index in [1.54, 1.807) is 12.0 Å². The number of likely N-dealkylation sites (N-methyl/N-ethyl adjacent to an activating group) is 1. The van der Waals surface area contributed by atoms with Crippen molar-refractivity contribution >= 4 is 22.4 Å². The fraction of sp³-hybridized carbons (Fsp3) is 0.292. The van der Waals surface area contributed by atoms with Crippen LogP contribution in [0.2, 0.25) is 0 Å². The first kappa shape index (κ1) is 19.7. The van der Waals surface area contributed by atoms with Gasteiger partial charge in [-0.05, 0) is 53.1 Å². The molecule has 0 spiro atoms. The molecule has 0 aromatic heterocycles. The van der Waals surface area contributed by atoms with Gasteiger partial charge in [0.15, 0.2) is 0 Å². The summed E-state index contributed by atoms with van der Waals surface area (Å²) in [5.41, 5.74) is 3.30. The third kappa shape index (κ3) is 4.28. The number of anilines is 1. The zero-order valence-corrected chi connectivity index (χ0v) is 17.3. The predicted molar refractivity (Wildman–Crippen MR) is 116 cm³/mol. The maximum absolute atomic E-state index is 13.0. The van der Waals surface area contributed by atoms with Gasteiger partial charge >= 0.3 is 0 Å². The highest BCUT2D eigenvalue weighted by molar-refractivity contribution is 5.88. The van der Waals surface area contributed by atoms with E-state index < -0.39 is 0 Å². The number of ether oxygens (including phenoxy) is 1. The molecule has 3 rings (SSSR count). The average molecular weight is 377 g/mol. The molecule has 1 amide bonds. The highest BCUT2D eigenvalue weighted by atomic mass is 16.5. The quantitative estimate of drug-likeness (QED) is 0.626. The van der Waals surface area contributed by atoms with Crippen molar-refractivity contribution in [2.24, 2.45) is 0 Å². The van der Waals surface area contributed by atoms with Crippen molar-refractivity contribution in [3.8, 4) is 5.75 Å². The molecule has 0 bridgehead atoms. The number of carbonyl (C=O) groups is 1. The second kappa shape index (κ2) is 8.34. The van der Waals surface area contributed by atoms with Crippen LogP contribution in [0.5, 0.6) is 5.75 Å². The van der Waals surface area contributed by atoms with E-state index >= 15 is 0 Å². The van der Waals surface area contributed by atoms with Crippen molar-refractivity contribution in [2.75, 3.05) is 33.2 Å². The van der Waals surface area contributed by atoms with Gasteiger partial charge in [-0.2, -0.15) is 0 Å². The zero-order valence-electron chi connectivity index (χ0n) is 17.3. The first-order valence-corrected chi connectivity index (χ1v) is 9.48. The SMILES string of the molecule is COc1ccc2cc([C@H](C)C(=O)N(C)Cc3ccc(N(C)C)cc3)ccc2c1. The standard InChI is InChI=1S/C24H28N2O2/c1-17(19-8-9-21-15-23(28-5)13-10-20(21)14-19)24(27)26(4)16-18-6-11-22(12-7-18)25(2)3/h6-15,17H,16H2,1-5H3/t17-/m0/s1. The maximum atomic E-state index is 13.0. The van der Waals surface area contributed by atoms with Crippen molar-refractivity contribution < 1.29 is 9.53 Å². The maximum Gasteiger partial charge on any atom is 0.229 e. The van der Waals surface area contributed by atoms with Gasteiger partial charge in [-0.3, -0.25) is 4.79 Å². The molecule has 0 aliphatic rings. The third-order valence-electron chi connectivity index (χ3n) is 5.19. The third-order valence-corrected chi connectivity index (χ3v) is 5.19. The molecule has 0 fully saturated rings. The molecule has 28 heavy (non-hydrogen) atoms. The number of carbonyl (C=O) groups excluding carboxylic acids is 1. The molecule has 0 saturated carbocycles. The minimum Gasteiger partial charge on any atom is -0.497 e. The summed E-state index contributed by atoms with van der Waals surface area (Å²) in [6.45, 7) is 2.57.